The van der Waals surface area contributed by atoms with Crippen molar-refractivity contribution in [2.75, 3.05) is 5.32 Å². The van der Waals surface area contributed by atoms with Crippen molar-refractivity contribution in [1.82, 2.24) is 5.32 Å². The molecule has 0 aromatic heterocycles. The van der Waals surface area contributed by atoms with Crippen LogP contribution in [0.15, 0.2) is 16.6 Å². The van der Waals surface area contributed by atoms with Gasteiger partial charge in [-0.15, -0.1) is 0 Å². The number of anilines is 1. The highest BCUT2D eigenvalue weighted by molar-refractivity contribution is 9.10. The maximum atomic E-state index is 13.5. The van der Waals surface area contributed by atoms with E-state index in [0.29, 0.717) is 18.9 Å². The van der Waals surface area contributed by atoms with Gasteiger partial charge in [-0.1, -0.05) is 0 Å². The third kappa shape index (κ3) is 6.07. The second-order valence-electron chi connectivity index (χ2n) is 4.53. The fourth-order valence-electron chi connectivity index (χ4n) is 1.67. The third-order valence-electron chi connectivity index (χ3n) is 2.65. The molecule has 0 saturated heterocycles. The van der Waals surface area contributed by atoms with Crippen LogP contribution in [0.1, 0.15) is 26.2 Å². The van der Waals surface area contributed by atoms with Crippen LogP contribution in [0.5, 0.6) is 0 Å². The van der Waals surface area contributed by atoms with Gasteiger partial charge >= 0.3 is 12.0 Å². The average molecular weight is 365 g/mol. The quantitative estimate of drug-likeness (QED) is 0.722. The molecular formula is C13H15BrF2N2O3. The van der Waals surface area contributed by atoms with Crippen molar-refractivity contribution >= 4 is 33.6 Å². The molecule has 2 amide bonds. The average Bonchev–Trinajstić information content (AvgIpc) is 2.33. The van der Waals surface area contributed by atoms with Crippen LogP contribution in [0.3, 0.4) is 0 Å². The lowest BCUT2D eigenvalue weighted by Gasteiger charge is -2.15. The lowest BCUT2D eigenvalue weighted by Crippen LogP contribution is -2.36. The molecular weight excluding hydrogens is 350 g/mol. The van der Waals surface area contributed by atoms with Gasteiger partial charge in [0.25, 0.3) is 0 Å². The number of rotatable bonds is 6. The summed E-state index contributed by atoms with van der Waals surface area (Å²) in [5.41, 5.74) is -0.161. The summed E-state index contributed by atoms with van der Waals surface area (Å²) >= 11 is 2.96. The number of hydrogen-bond acceptors (Lipinski definition) is 2. The van der Waals surface area contributed by atoms with E-state index >= 15 is 0 Å². The first kappa shape index (κ1) is 17.4. The Balaban J connectivity index is 2.52. The lowest BCUT2D eigenvalue weighted by atomic mass is 10.1. The van der Waals surface area contributed by atoms with Crippen molar-refractivity contribution in [3.63, 3.8) is 0 Å². The molecule has 0 saturated carbocycles. The Morgan fingerprint density at radius 3 is 2.62 bits per heavy atom. The number of hydrogen-bond donors (Lipinski definition) is 3. The predicted octanol–water partition coefficient (Wildman–Crippen LogP) is 3.49. The number of carbonyl (C=O) groups is 2. The SMILES string of the molecule is CC(CCCC(=O)O)NC(=O)Nc1c(F)cc(F)cc1Br. The van der Waals surface area contributed by atoms with Gasteiger partial charge in [0.05, 0.1) is 5.69 Å². The van der Waals surface area contributed by atoms with E-state index in [4.69, 9.17) is 5.11 Å². The van der Waals surface area contributed by atoms with E-state index in [9.17, 15) is 18.4 Å². The molecule has 0 fully saturated rings. The predicted molar refractivity (Wildman–Crippen MR) is 77.2 cm³/mol. The summed E-state index contributed by atoms with van der Waals surface area (Å²) in [6.45, 7) is 1.71. The van der Waals surface area contributed by atoms with Crippen molar-refractivity contribution in [2.24, 2.45) is 0 Å². The largest absolute Gasteiger partial charge is 0.481 e. The van der Waals surface area contributed by atoms with Gasteiger partial charge in [0.15, 0.2) is 5.82 Å². The molecule has 116 valence electrons. The number of carboxylic acids is 1. The summed E-state index contributed by atoms with van der Waals surface area (Å²) in [4.78, 5) is 22.1. The fourth-order valence-corrected chi connectivity index (χ4v) is 2.17. The Labute approximate surface area is 128 Å². The van der Waals surface area contributed by atoms with Gasteiger partial charge in [-0.2, -0.15) is 0 Å². The molecule has 0 radical (unpaired) electrons. The summed E-state index contributed by atoms with van der Waals surface area (Å²) in [6.07, 6.45) is 0.921. The summed E-state index contributed by atoms with van der Waals surface area (Å²) in [6, 6.07) is 0.779. The molecule has 1 rings (SSSR count). The number of halogens is 3. The van der Waals surface area contributed by atoms with Crippen molar-refractivity contribution in [1.29, 1.82) is 0 Å². The summed E-state index contributed by atoms with van der Waals surface area (Å²) in [7, 11) is 0. The van der Waals surface area contributed by atoms with E-state index in [-0.39, 0.29) is 22.6 Å². The topological polar surface area (TPSA) is 78.4 Å². The minimum atomic E-state index is -0.899. The summed E-state index contributed by atoms with van der Waals surface area (Å²) in [5.74, 6) is -2.55. The first-order valence-electron chi connectivity index (χ1n) is 6.23. The molecule has 1 atom stereocenters. The highest BCUT2D eigenvalue weighted by Crippen LogP contribution is 2.26. The van der Waals surface area contributed by atoms with Gasteiger partial charge in [0.2, 0.25) is 0 Å². The van der Waals surface area contributed by atoms with Crippen LogP contribution < -0.4 is 10.6 Å². The molecule has 1 unspecified atom stereocenters. The number of nitrogens with one attached hydrogen (secondary N) is 2. The Bertz CT molecular complexity index is 517. The molecule has 1 aromatic carbocycles. The van der Waals surface area contributed by atoms with E-state index < -0.39 is 23.6 Å². The van der Waals surface area contributed by atoms with Crippen LogP contribution in [0.25, 0.3) is 0 Å². The van der Waals surface area contributed by atoms with Crippen molar-refractivity contribution in [3.8, 4) is 0 Å². The molecule has 1 aromatic rings. The molecule has 0 aliphatic heterocycles. The molecule has 0 aliphatic carbocycles. The number of carbonyl (C=O) groups excluding carboxylic acids is 1. The van der Waals surface area contributed by atoms with E-state index in [0.717, 1.165) is 6.07 Å². The van der Waals surface area contributed by atoms with Crippen LogP contribution in [-0.2, 0) is 4.79 Å². The first-order valence-corrected chi connectivity index (χ1v) is 7.02. The standard InChI is InChI=1S/C13H15BrF2N2O3/c1-7(3-2-4-11(19)20)17-13(21)18-12-9(14)5-8(15)6-10(12)16/h5-7H,2-4H2,1H3,(H,19,20)(H2,17,18,21). The normalized spacial score (nSPS) is 11.8. The van der Waals surface area contributed by atoms with Crippen molar-refractivity contribution < 1.29 is 23.5 Å². The highest BCUT2D eigenvalue weighted by atomic mass is 79.9. The Morgan fingerprint density at radius 2 is 2.05 bits per heavy atom. The molecule has 0 aliphatic rings. The van der Waals surface area contributed by atoms with E-state index in [1.807, 2.05) is 0 Å². The van der Waals surface area contributed by atoms with Crippen molar-refractivity contribution in [3.05, 3.63) is 28.2 Å². The van der Waals surface area contributed by atoms with Gasteiger partial charge in [-0.25, -0.2) is 13.6 Å². The van der Waals surface area contributed by atoms with Gasteiger partial charge in [0, 0.05) is 23.0 Å². The Kier molecular flexibility index (Phi) is 6.54. The van der Waals surface area contributed by atoms with E-state index in [1.165, 1.54) is 0 Å². The molecule has 21 heavy (non-hydrogen) atoms. The molecule has 0 bridgehead atoms. The van der Waals surface area contributed by atoms with Crippen LogP contribution in [-0.4, -0.2) is 23.1 Å². The Morgan fingerprint density at radius 1 is 1.38 bits per heavy atom. The fraction of sp³-hybridized carbons (Fsp3) is 0.385. The molecule has 8 heteroatoms. The van der Waals surface area contributed by atoms with Gasteiger partial charge in [0.1, 0.15) is 5.82 Å². The lowest BCUT2D eigenvalue weighted by molar-refractivity contribution is -0.137. The third-order valence-corrected chi connectivity index (χ3v) is 3.28. The number of amides is 2. The Hall–Kier alpha value is -1.70. The van der Waals surface area contributed by atoms with E-state index in [2.05, 4.69) is 26.6 Å². The number of urea groups is 1. The molecule has 0 spiro atoms. The zero-order valence-electron chi connectivity index (χ0n) is 11.3. The monoisotopic (exact) mass is 364 g/mol. The second kappa shape index (κ2) is 7.92. The first-order chi connectivity index (χ1) is 9.79. The second-order valence-corrected chi connectivity index (χ2v) is 5.38. The maximum Gasteiger partial charge on any atom is 0.319 e. The number of aliphatic carboxylic acids is 1. The van der Waals surface area contributed by atoms with Gasteiger partial charge < -0.3 is 15.7 Å². The van der Waals surface area contributed by atoms with Crippen LogP contribution in [0.2, 0.25) is 0 Å². The summed E-state index contributed by atoms with van der Waals surface area (Å²) < 4.78 is 26.5. The highest BCUT2D eigenvalue weighted by Gasteiger charge is 2.14. The zero-order valence-corrected chi connectivity index (χ0v) is 12.8. The van der Waals surface area contributed by atoms with Gasteiger partial charge in [-0.3, -0.25) is 4.79 Å². The van der Waals surface area contributed by atoms with Crippen molar-refractivity contribution in [2.45, 2.75) is 32.2 Å². The van der Waals surface area contributed by atoms with Crippen LogP contribution in [0, 0.1) is 11.6 Å². The number of benzene rings is 1. The molecule has 5 nitrogen and oxygen atoms in total. The minimum absolute atomic E-state index is 0.0196. The smallest absolute Gasteiger partial charge is 0.319 e. The zero-order chi connectivity index (χ0) is 16.0. The molecule has 3 N–H and O–H groups in total. The summed E-state index contributed by atoms with van der Waals surface area (Å²) in [5, 5.41) is 13.3. The van der Waals surface area contributed by atoms with Gasteiger partial charge in [-0.05, 0) is 41.8 Å². The van der Waals surface area contributed by atoms with E-state index in [1.54, 1.807) is 6.92 Å². The number of carboxylic acid groups (broad SMARTS) is 1. The van der Waals surface area contributed by atoms with Crippen LogP contribution in [0.4, 0.5) is 19.3 Å². The molecule has 0 heterocycles. The minimum Gasteiger partial charge on any atom is -0.481 e. The maximum absolute atomic E-state index is 13.5. The van der Waals surface area contributed by atoms with Crippen LogP contribution >= 0.6 is 15.9 Å².